The molecule has 2 aliphatic rings. The lowest BCUT2D eigenvalue weighted by atomic mass is 9.97. The minimum atomic E-state index is -0.0778. The van der Waals surface area contributed by atoms with Gasteiger partial charge in [0.2, 0.25) is 11.9 Å². The maximum Gasteiger partial charge on any atom is 0.258 e. The zero-order valence-electron chi connectivity index (χ0n) is 17.1. The van der Waals surface area contributed by atoms with E-state index in [4.69, 9.17) is 4.98 Å². The van der Waals surface area contributed by atoms with Crippen LogP contribution in [-0.2, 0) is 24.2 Å². The SMILES string of the molecule is Cc1cc(C)n(-c2nc3c(c(=O)n2CC(=O)N2CCC(C)CC2)CCCC3)n1. The molecule has 3 heterocycles. The number of aryl methyl sites for hydroxylation is 3. The van der Waals surface area contributed by atoms with E-state index in [0.29, 0.717) is 11.9 Å². The number of nitrogens with zero attached hydrogens (tertiary/aromatic N) is 5. The van der Waals surface area contributed by atoms with Gasteiger partial charge in [-0.05, 0) is 64.4 Å². The summed E-state index contributed by atoms with van der Waals surface area (Å²) in [5.41, 5.74) is 3.34. The number of hydrogen-bond donors (Lipinski definition) is 0. The van der Waals surface area contributed by atoms with Crippen molar-refractivity contribution in [2.45, 2.75) is 65.8 Å². The van der Waals surface area contributed by atoms with Crippen molar-refractivity contribution < 1.29 is 4.79 Å². The van der Waals surface area contributed by atoms with Crippen molar-refractivity contribution in [3.8, 4) is 5.95 Å². The number of carbonyl (C=O) groups excluding carboxylic acids is 1. The van der Waals surface area contributed by atoms with Crippen LogP contribution >= 0.6 is 0 Å². The van der Waals surface area contributed by atoms with E-state index in [9.17, 15) is 9.59 Å². The van der Waals surface area contributed by atoms with Crippen LogP contribution in [0.3, 0.4) is 0 Å². The molecule has 2 aromatic heterocycles. The molecule has 0 aromatic carbocycles. The van der Waals surface area contributed by atoms with Gasteiger partial charge in [0.15, 0.2) is 0 Å². The molecule has 1 amide bonds. The fraction of sp³-hybridized carbons (Fsp3) is 0.619. The van der Waals surface area contributed by atoms with Gasteiger partial charge in [-0.15, -0.1) is 0 Å². The summed E-state index contributed by atoms with van der Waals surface area (Å²) in [6.07, 6.45) is 5.65. The van der Waals surface area contributed by atoms with Gasteiger partial charge in [0.1, 0.15) is 6.54 Å². The van der Waals surface area contributed by atoms with Crippen molar-refractivity contribution in [3.63, 3.8) is 0 Å². The van der Waals surface area contributed by atoms with Crippen LogP contribution in [-0.4, -0.2) is 43.2 Å². The number of aromatic nitrogens is 4. The monoisotopic (exact) mass is 383 g/mol. The van der Waals surface area contributed by atoms with Gasteiger partial charge in [-0.3, -0.25) is 14.2 Å². The summed E-state index contributed by atoms with van der Waals surface area (Å²) in [5, 5.41) is 4.53. The van der Waals surface area contributed by atoms with Crippen molar-refractivity contribution in [1.82, 2.24) is 24.2 Å². The van der Waals surface area contributed by atoms with Crippen molar-refractivity contribution in [2.75, 3.05) is 13.1 Å². The average Bonchev–Trinajstić information content (AvgIpc) is 3.02. The maximum atomic E-state index is 13.3. The van der Waals surface area contributed by atoms with Crippen LogP contribution in [0, 0.1) is 19.8 Å². The topological polar surface area (TPSA) is 73.0 Å². The Morgan fingerprint density at radius 3 is 2.57 bits per heavy atom. The lowest BCUT2D eigenvalue weighted by Crippen LogP contribution is -2.43. The molecule has 0 saturated carbocycles. The molecule has 0 bridgehead atoms. The molecule has 0 spiro atoms. The molecule has 1 saturated heterocycles. The molecule has 4 rings (SSSR count). The summed E-state index contributed by atoms with van der Waals surface area (Å²) in [4.78, 5) is 33.0. The van der Waals surface area contributed by atoms with Gasteiger partial charge in [-0.2, -0.15) is 5.10 Å². The average molecular weight is 383 g/mol. The summed E-state index contributed by atoms with van der Waals surface area (Å²) in [6, 6.07) is 1.96. The Morgan fingerprint density at radius 2 is 1.89 bits per heavy atom. The molecular formula is C21H29N5O2. The molecule has 0 atom stereocenters. The van der Waals surface area contributed by atoms with Gasteiger partial charge in [-0.1, -0.05) is 6.92 Å². The number of piperidine rings is 1. The quantitative estimate of drug-likeness (QED) is 0.814. The number of rotatable bonds is 3. The highest BCUT2D eigenvalue weighted by Crippen LogP contribution is 2.20. The highest BCUT2D eigenvalue weighted by Gasteiger charge is 2.25. The Bertz CT molecular complexity index is 950. The number of carbonyl (C=O) groups is 1. The van der Waals surface area contributed by atoms with Gasteiger partial charge in [0.25, 0.3) is 5.56 Å². The zero-order chi connectivity index (χ0) is 19.8. The molecule has 1 aliphatic carbocycles. The van der Waals surface area contributed by atoms with Crippen molar-refractivity contribution >= 4 is 5.91 Å². The first-order chi connectivity index (χ1) is 13.4. The van der Waals surface area contributed by atoms with Crippen LogP contribution in [0.2, 0.25) is 0 Å². The Kier molecular flexibility index (Phi) is 5.08. The molecule has 1 fully saturated rings. The Balaban J connectivity index is 1.75. The summed E-state index contributed by atoms with van der Waals surface area (Å²) < 4.78 is 3.25. The van der Waals surface area contributed by atoms with E-state index < -0.39 is 0 Å². The molecule has 150 valence electrons. The second-order valence-corrected chi connectivity index (χ2v) is 8.34. The van der Waals surface area contributed by atoms with Gasteiger partial charge in [0.05, 0.1) is 11.4 Å². The molecule has 0 N–H and O–H groups in total. The van der Waals surface area contributed by atoms with Gasteiger partial charge < -0.3 is 4.90 Å². The van der Waals surface area contributed by atoms with Gasteiger partial charge in [0, 0.05) is 24.3 Å². The number of likely N-dealkylation sites (tertiary alicyclic amines) is 1. The molecule has 7 nitrogen and oxygen atoms in total. The minimum Gasteiger partial charge on any atom is -0.341 e. The standard InChI is InChI=1S/C21H29N5O2/c1-14-8-10-24(11-9-14)19(27)13-25-20(28)17-6-4-5-7-18(17)22-21(25)26-16(3)12-15(2)23-26/h12,14H,4-11,13H2,1-3H3. The molecule has 0 unspecified atom stereocenters. The maximum absolute atomic E-state index is 13.3. The summed E-state index contributed by atoms with van der Waals surface area (Å²) in [6.45, 7) is 7.65. The van der Waals surface area contributed by atoms with Crippen LogP contribution in [0.1, 0.15) is 55.3 Å². The lowest BCUT2D eigenvalue weighted by Gasteiger charge is -2.31. The van der Waals surface area contributed by atoms with Crippen molar-refractivity contribution in [3.05, 3.63) is 39.1 Å². The Labute approximate surface area is 165 Å². The normalized spacial score (nSPS) is 17.6. The van der Waals surface area contributed by atoms with E-state index in [-0.39, 0.29) is 18.0 Å². The van der Waals surface area contributed by atoms with E-state index >= 15 is 0 Å². The molecular weight excluding hydrogens is 354 g/mol. The Hall–Kier alpha value is -2.44. The van der Waals surface area contributed by atoms with E-state index in [1.807, 2.05) is 24.8 Å². The lowest BCUT2D eigenvalue weighted by molar-refractivity contribution is -0.133. The van der Waals surface area contributed by atoms with E-state index in [0.717, 1.165) is 74.3 Å². The Morgan fingerprint density at radius 1 is 1.18 bits per heavy atom. The minimum absolute atomic E-state index is 0.00524. The zero-order valence-corrected chi connectivity index (χ0v) is 17.1. The molecule has 1 aliphatic heterocycles. The first-order valence-electron chi connectivity index (χ1n) is 10.4. The highest BCUT2D eigenvalue weighted by molar-refractivity contribution is 5.76. The van der Waals surface area contributed by atoms with Crippen molar-refractivity contribution in [2.24, 2.45) is 5.92 Å². The molecule has 28 heavy (non-hydrogen) atoms. The third-order valence-corrected chi connectivity index (χ3v) is 6.05. The third kappa shape index (κ3) is 3.50. The largest absolute Gasteiger partial charge is 0.341 e. The predicted octanol–water partition coefficient (Wildman–Crippen LogP) is 2.18. The third-order valence-electron chi connectivity index (χ3n) is 6.05. The van der Waals surface area contributed by atoms with E-state index in [2.05, 4.69) is 12.0 Å². The van der Waals surface area contributed by atoms with E-state index in [1.54, 1.807) is 9.25 Å². The van der Waals surface area contributed by atoms with Crippen LogP contribution in [0.5, 0.6) is 0 Å². The molecule has 7 heteroatoms. The van der Waals surface area contributed by atoms with Crippen LogP contribution in [0.4, 0.5) is 0 Å². The fourth-order valence-corrected chi connectivity index (χ4v) is 4.31. The van der Waals surface area contributed by atoms with Gasteiger partial charge in [-0.25, -0.2) is 9.67 Å². The number of fused-ring (bicyclic) bond motifs is 1. The summed E-state index contributed by atoms with van der Waals surface area (Å²) in [5.74, 6) is 1.12. The van der Waals surface area contributed by atoms with Gasteiger partial charge >= 0.3 is 0 Å². The van der Waals surface area contributed by atoms with Crippen molar-refractivity contribution in [1.29, 1.82) is 0 Å². The fourth-order valence-electron chi connectivity index (χ4n) is 4.31. The number of amides is 1. The molecule has 0 radical (unpaired) electrons. The first kappa shape index (κ1) is 18.9. The molecule has 2 aromatic rings. The summed E-state index contributed by atoms with van der Waals surface area (Å²) in [7, 11) is 0. The van der Waals surface area contributed by atoms with Crippen LogP contribution in [0.15, 0.2) is 10.9 Å². The number of hydrogen-bond acceptors (Lipinski definition) is 4. The predicted molar refractivity (Wildman–Crippen MR) is 107 cm³/mol. The van der Waals surface area contributed by atoms with E-state index in [1.165, 1.54) is 0 Å². The first-order valence-corrected chi connectivity index (χ1v) is 10.4. The second kappa shape index (κ2) is 7.53. The van der Waals surface area contributed by atoms with Crippen LogP contribution < -0.4 is 5.56 Å². The van der Waals surface area contributed by atoms with Crippen LogP contribution in [0.25, 0.3) is 5.95 Å². The second-order valence-electron chi connectivity index (χ2n) is 8.34. The highest BCUT2D eigenvalue weighted by atomic mass is 16.2. The smallest absolute Gasteiger partial charge is 0.258 e. The summed E-state index contributed by atoms with van der Waals surface area (Å²) >= 11 is 0.